The Kier molecular flexibility index (Phi) is 57.3. The zero-order valence-corrected chi connectivity index (χ0v) is 62.9. The highest BCUT2D eigenvalue weighted by atomic mass is 16.8. The van der Waals surface area contributed by atoms with Gasteiger partial charge < -0.3 is 89.9 Å². The van der Waals surface area contributed by atoms with Gasteiger partial charge in [0.05, 0.1) is 38.6 Å². The lowest BCUT2D eigenvalue weighted by atomic mass is 9.96. The number of aliphatic hydroxyl groups excluding tert-OH is 11. The van der Waals surface area contributed by atoms with Gasteiger partial charge in [0, 0.05) is 6.42 Å². The second kappa shape index (κ2) is 62.1. The van der Waals surface area contributed by atoms with Crippen molar-refractivity contribution in [1.29, 1.82) is 0 Å². The summed E-state index contributed by atoms with van der Waals surface area (Å²) in [5.74, 6) is -0.281. The summed E-state index contributed by atoms with van der Waals surface area (Å²) in [5.41, 5.74) is 0. The SMILES string of the molecule is CCCCCCCCCC/C=C\CCCCCCCCCCCCCC(=O)NC(COC1OC(CO)C(OC2OC(CO)C(OC3OC(CO)C(O)C(O)C3O)C(O)C2O)C(O)C1O)C(O)/C=C/CC/C=C/CCCCCCCCCCCCCCCCCCCCCCCCCCCC. The van der Waals surface area contributed by atoms with Crippen molar-refractivity contribution < 1.29 is 89.4 Å². The second-order valence-electron chi connectivity index (χ2n) is 29.6. The summed E-state index contributed by atoms with van der Waals surface area (Å²) in [7, 11) is 0. The highest BCUT2D eigenvalue weighted by molar-refractivity contribution is 5.76. The summed E-state index contributed by atoms with van der Waals surface area (Å²) in [6.45, 7) is 1.77. The van der Waals surface area contributed by atoms with Crippen LogP contribution >= 0.6 is 0 Å². The number of allylic oxidation sites excluding steroid dienone is 5. The average Bonchev–Trinajstić information content (AvgIpc) is 0.783. The molecule has 3 aliphatic heterocycles. The summed E-state index contributed by atoms with van der Waals surface area (Å²) in [4.78, 5) is 13.5. The van der Waals surface area contributed by atoms with Gasteiger partial charge in [-0.2, -0.15) is 0 Å². The Hall–Kier alpha value is -1.99. The number of rotatable bonds is 66. The van der Waals surface area contributed by atoms with Crippen LogP contribution in [0.1, 0.15) is 341 Å². The van der Waals surface area contributed by atoms with Crippen molar-refractivity contribution in [1.82, 2.24) is 5.32 Å². The van der Waals surface area contributed by atoms with Crippen LogP contribution < -0.4 is 5.32 Å². The van der Waals surface area contributed by atoms with E-state index in [1.165, 1.54) is 270 Å². The summed E-state index contributed by atoms with van der Waals surface area (Å²) >= 11 is 0. The van der Waals surface area contributed by atoms with Gasteiger partial charge in [-0.05, 0) is 57.8 Å². The molecule has 588 valence electrons. The zero-order chi connectivity index (χ0) is 72.5. The molecular formula is C81H151NO18. The molecule has 12 N–H and O–H groups in total. The number of carbonyl (C=O) groups excluding carboxylic acids is 1. The lowest BCUT2D eigenvalue weighted by Crippen LogP contribution is -2.66. The number of hydrogen-bond donors (Lipinski definition) is 12. The van der Waals surface area contributed by atoms with Crippen LogP contribution in [0.2, 0.25) is 0 Å². The summed E-state index contributed by atoms with van der Waals surface area (Å²) in [6.07, 6.45) is 50.0. The first-order chi connectivity index (χ1) is 48.8. The quantitative estimate of drug-likeness (QED) is 0.0199. The number of carbonyl (C=O) groups is 1. The van der Waals surface area contributed by atoms with Crippen molar-refractivity contribution in [3.63, 3.8) is 0 Å². The van der Waals surface area contributed by atoms with Gasteiger partial charge in [-0.3, -0.25) is 4.79 Å². The van der Waals surface area contributed by atoms with Gasteiger partial charge >= 0.3 is 0 Å². The van der Waals surface area contributed by atoms with E-state index in [4.69, 9.17) is 28.4 Å². The Morgan fingerprint density at radius 3 is 1.00 bits per heavy atom. The van der Waals surface area contributed by atoms with E-state index in [0.29, 0.717) is 12.8 Å². The molecule has 17 atom stereocenters. The third-order valence-corrected chi connectivity index (χ3v) is 20.7. The predicted molar refractivity (Wildman–Crippen MR) is 397 cm³/mol. The van der Waals surface area contributed by atoms with Crippen molar-refractivity contribution in [3.8, 4) is 0 Å². The number of amides is 1. The van der Waals surface area contributed by atoms with E-state index < -0.39 is 124 Å². The minimum atomic E-state index is -1.98. The van der Waals surface area contributed by atoms with Crippen molar-refractivity contribution >= 4 is 5.91 Å². The van der Waals surface area contributed by atoms with Crippen LogP contribution in [0.25, 0.3) is 0 Å². The van der Waals surface area contributed by atoms with Gasteiger partial charge in [-0.15, -0.1) is 0 Å². The minimum Gasteiger partial charge on any atom is -0.394 e. The van der Waals surface area contributed by atoms with E-state index in [2.05, 4.69) is 43.5 Å². The van der Waals surface area contributed by atoms with Crippen molar-refractivity contribution in [2.24, 2.45) is 0 Å². The van der Waals surface area contributed by atoms with Gasteiger partial charge in [0.2, 0.25) is 5.91 Å². The van der Waals surface area contributed by atoms with Gasteiger partial charge in [-0.25, -0.2) is 0 Å². The van der Waals surface area contributed by atoms with Gasteiger partial charge in [-0.1, -0.05) is 314 Å². The smallest absolute Gasteiger partial charge is 0.220 e. The lowest BCUT2D eigenvalue weighted by Gasteiger charge is -2.48. The fourth-order valence-electron chi connectivity index (χ4n) is 14.0. The van der Waals surface area contributed by atoms with E-state index in [1.807, 2.05) is 6.08 Å². The Labute approximate surface area is 606 Å². The van der Waals surface area contributed by atoms with E-state index in [-0.39, 0.29) is 18.9 Å². The normalized spacial score (nSPS) is 26.6. The van der Waals surface area contributed by atoms with Crippen LogP contribution in [-0.2, 0) is 33.2 Å². The van der Waals surface area contributed by atoms with E-state index in [1.54, 1.807) is 6.08 Å². The fourth-order valence-corrected chi connectivity index (χ4v) is 14.0. The molecule has 0 saturated carbocycles. The predicted octanol–water partition coefficient (Wildman–Crippen LogP) is 13.9. The molecule has 3 fully saturated rings. The third kappa shape index (κ3) is 41.8. The molecule has 17 unspecified atom stereocenters. The molecule has 3 saturated heterocycles. The molecule has 0 aromatic carbocycles. The largest absolute Gasteiger partial charge is 0.394 e. The zero-order valence-electron chi connectivity index (χ0n) is 62.9. The summed E-state index contributed by atoms with van der Waals surface area (Å²) < 4.78 is 34.4. The fraction of sp³-hybridized carbons (Fsp3) is 0.914. The van der Waals surface area contributed by atoms with Crippen molar-refractivity contribution in [2.75, 3.05) is 26.4 Å². The van der Waals surface area contributed by atoms with Crippen LogP contribution in [0.4, 0.5) is 0 Å². The van der Waals surface area contributed by atoms with E-state index >= 15 is 0 Å². The molecule has 3 aliphatic rings. The maximum atomic E-state index is 13.5. The highest BCUT2D eigenvalue weighted by Gasteiger charge is 2.54. The Morgan fingerprint density at radius 2 is 0.640 bits per heavy atom. The number of unbranched alkanes of at least 4 members (excludes halogenated alkanes) is 46. The maximum absolute atomic E-state index is 13.5. The average molecular weight is 1430 g/mol. The monoisotopic (exact) mass is 1430 g/mol. The minimum absolute atomic E-state index is 0.236. The van der Waals surface area contributed by atoms with Crippen LogP contribution in [-0.4, -0.2) is 193 Å². The first-order valence-corrected chi connectivity index (χ1v) is 41.2. The first kappa shape index (κ1) is 92.2. The molecule has 0 aromatic rings. The molecule has 19 heteroatoms. The number of aliphatic hydroxyl groups is 11. The van der Waals surface area contributed by atoms with Crippen molar-refractivity contribution in [3.05, 3.63) is 36.5 Å². The van der Waals surface area contributed by atoms with E-state index in [0.717, 1.165) is 38.5 Å². The molecule has 1 amide bonds. The number of hydrogen-bond acceptors (Lipinski definition) is 18. The summed E-state index contributed by atoms with van der Waals surface area (Å²) in [6, 6.07) is -0.992. The standard InChI is InChI=1S/C81H151NO18/c1-3-5-7-9-11-13-15-17-19-21-23-25-27-28-29-30-31-32-33-34-35-37-38-40-42-44-46-48-50-52-54-56-58-65(86)64(82-69(87)59-57-55-53-51-49-47-45-43-41-39-36-26-24-22-20-18-16-14-12-10-8-6-4-2)63-95-79-75(93)72(90)77(67(61-84)97-79)100-81-76(94)73(91)78(68(62-85)98-81)99-80-74(92)71(89)70(88)66(60-83)96-80/h22,24,48,50,56,58,64-68,70-81,83-86,88-94H,3-21,23,25-47,49,51-55,57,59-63H2,1-2H3,(H,82,87)/b24-22-,50-48+,58-56+. The Balaban J connectivity index is 1.38. The van der Waals surface area contributed by atoms with Crippen LogP contribution in [0.3, 0.4) is 0 Å². The molecule has 0 aromatic heterocycles. The second-order valence-corrected chi connectivity index (χ2v) is 29.6. The van der Waals surface area contributed by atoms with Gasteiger partial charge in [0.15, 0.2) is 18.9 Å². The Morgan fingerprint density at radius 1 is 0.350 bits per heavy atom. The molecule has 0 aliphatic carbocycles. The maximum Gasteiger partial charge on any atom is 0.220 e. The summed E-state index contributed by atoms with van der Waals surface area (Å²) in [5, 5.41) is 121. The Bertz CT molecular complexity index is 1950. The molecule has 0 radical (unpaired) electrons. The highest BCUT2D eigenvalue weighted by Crippen LogP contribution is 2.33. The van der Waals surface area contributed by atoms with Crippen LogP contribution in [0.15, 0.2) is 36.5 Å². The molecule has 19 nitrogen and oxygen atoms in total. The van der Waals surface area contributed by atoms with Gasteiger partial charge in [0.25, 0.3) is 0 Å². The molecule has 3 rings (SSSR count). The van der Waals surface area contributed by atoms with E-state index in [9.17, 15) is 61.0 Å². The third-order valence-electron chi connectivity index (χ3n) is 20.7. The molecule has 100 heavy (non-hydrogen) atoms. The lowest BCUT2D eigenvalue weighted by molar-refractivity contribution is -0.379. The van der Waals surface area contributed by atoms with Gasteiger partial charge in [0.1, 0.15) is 73.2 Å². The molecule has 0 spiro atoms. The number of ether oxygens (including phenoxy) is 6. The molecule has 3 heterocycles. The number of nitrogens with one attached hydrogen (secondary N) is 1. The first-order valence-electron chi connectivity index (χ1n) is 41.2. The van der Waals surface area contributed by atoms with Crippen molar-refractivity contribution in [2.45, 2.75) is 446 Å². The molecular weight excluding hydrogens is 1270 g/mol. The topological polar surface area (TPSA) is 307 Å². The van der Waals surface area contributed by atoms with Crippen LogP contribution in [0.5, 0.6) is 0 Å². The van der Waals surface area contributed by atoms with Crippen LogP contribution in [0, 0.1) is 0 Å². The molecule has 0 bridgehead atoms.